The molecule has 0 aliphatic carbocycles. The van der Waals surface area contributed by atoms with Gasteiger partial charge in [-0.3, -0.25) is 14.9 Å². The van der Waals surface area contributed by atoms with Gasteiger partial charge in [0.15, 0.2) is 6.29 Å². The predicted molar refractivity (Wildman–Crippen MR) is 77.0 cm³/mol. The van der Waals surface area contributed by atoms with Gasteiger partial charge in [-0.15, -0.1) is 0 Å². The van der Waals surface area contributed by atoms with Crippen molar-refractivity contribution >= 4 is 27.9 Å². The zero-order valence-electron chi connectivity index (χ0n) is 10.3. The number of hydrogen-bond donors (Lipinski definition) is 0. The molecular formula is C14H10BrNO4. The maximum atomic E-state index is 10.9. The van der Waals surface area contributed by atoms with Crippen LogP contribution >= 0.6 is 15.9 Å². The van der Waals surface area contributed by atoms with Crippen molar-refractivity contribution in [1.29, 1.82) is 0 Å². The third-order valence-corrected chi connectivity index (χ3v) is 3.17. The van der Waals surface area contributed by atoms with Crippen molar-refractivity contribution in [3.05, 3.63) is 68.2 Å². The minimum Gasteiger partial charge on any atom is -0.488 e. The molecule has 0 aliphatic heterocycles. The van der Waals surface area contributed by atoms with Crippen LogP contribution in [-0.4, -0.2) is 11.2 Å². The van der Waals surface area contributed by atoms with Gasteiger partial charge in [0.1, 0.15) is 12.4 Å². The van der Waals surface area contributed by atoms with E-state index >= 15 is 0 Å². The van der Waals surface area contributed by atoms with Gasteiger partial charge >= 0.3 is 0 Å². The molecule has 5 nitrogen and oxygen atoms in total. The number of ether oxygens (including phenoxy) is 1. The molecule has 2 aromatic carbocycles. The lowest BCUT2D eigenvalue weighted by molar-refractivity contribution is -0.384. The highest BCUT2D eigenvalue weighted by Crippen LogP contribution is 2.23. The summed E-state index contributed by atoms with van der Waals surface area (Å²) in [5.74, 6) is 0.327. The Morgan fingerprint density at radius 1 is 1.20 bits per heavy atom. The second kappa shape index (κ2) is 6.29. The Morgan fingerprint density at radius 3 is 2.50 bits per heavy atom. The molecule has 0 spiro atoms. The van der Waals surface area contributed by atoms with Crippen LogP contribution < -0.4 is 4.74 Å². The molecule has 20 heavy (non-hydrogen) atoms. The smallest absolute Gasteiger partial charge is 0.270 e. The Kier molecular flexibility index (Phi) is 4.47. The minimum atomic E-state index is -0.550. The Morgan fingerprint density at radius 2 is 1.90 bits per heavy atom. The van der Waals surface area contributed by atoms with Crippen molar-refractivity contribution in [1.82, 2.24) is 0 Å². The van der Waals surface area contributed by atoms with Gasteiger partial charge in [-0.25, -0.2) is 0 Å². The fourth-order valence-corrected chi connectivity index (χ4v) is 1.88. The van der Waals surface area contributed by atoms with E-state index in [-0.39, 0.29) is 17.9 Å². The average Bonchev–Trinajstić information content (AvgIpc) is 2.46. The second-order valence-corrected chi connectivity index (χ2v) is 4.93. The number of carbonyl (C=O) groups excluding carboxylic acids is 1. The fourth-order valence-electron chi connectivity index (χ4n) is 1.61. The van der Waals surface area contributed by atoms with Crippen LogP contribution in [0.25, 0.3) is 0 Å². The molecule has 0 bridgehead atoms. The van der Waals surface area contributed by atoms with E-state index in [2.05, 4.69) is 15.9 Å². The van der Waals surface area contributed by atoms with Crippen LogP contribution in [0.4, 0.5) is 5.69 Å². The molecule has 0 aromatic heterocycles. The molecule has 6 heteroatoms. The molecule has 0 radical (unpaired) electrons. The molecule has 102 valence electrons. The molecule has 0 saturated carbocycles. The van der Waals surface area contributed by atoms with Crippen molar-refractivity contribution < 1.29 is 14.5 Å². The van der Waals surface area contributed by atoms with E-state index in [9.17, 15) is 14.9 Å². The summed E-state index contributed by atoms with van der Waals surface area (Å²) in [6, 6.07) is 11.5. The summed E-state index contributed by atoms with van der Waals surface area (Å²) in [5, 5.41) is 10.6. The van der Waals surface area contributed by atoms with Crippen LogP contribution in [0.1, 0.15) is 15.9 Å². The summed E-state index contributed by atoms with van der Waals surface area (Å²) < 4.78 is 6.48. The molecule has 0 atom stereocenters. The van der Waals surface area contributed by atoms with Crippen molar-refractivity contribution in [2.24, 2.45) is 0 Å². The first kappa shape index (κ1) is 14.2. The maximum Gasteiger partial charge on any atom is 0.270 e. The van der Waals surface area contributed by atoms with E-state index in [1.54, 1.807) is 0 Å². The number of nitro benzene ring substituents is 1. The van der Waals surface area contributed by atoms with Gasteiger partial charge in [-0.2, -0.15) is 0 Å². The summed E-state index contributed by atoms with van der Waals surface area (Å²) in [4.78, 5) is 21.0. The highest BCUT2D eigenvalue weighted by atomic mass is 79.9. The standard InChI is InChI=1S/C14H10BrNO4/c15-12-3-1-10(2-4-12)9-20-14-6-5-13(16(18)19)7-11(14)8-17/h1-8H,9H2. The average molecular weight is 336 g/mol. The highest BCUT2D eigenvalue weighted by molar-refractivity contribution is 9.10. The molecule has 2 rings (SSSR count). The fraction of sp³-hybridized carbons (Fsp3) is 0.0714. The molecule has 0 fully saturated rings. The van der Waals surface area contributed by atoms with Crippen LogP contribution in [0.5, 0.6) is 5.75 Å². The summed E-state index contributed by atoms with van der Waals surface area (Å²) in [6.07, 6.45) is 0.546. The van der Waals surface area contributed by atoms with Crippen molar-refractivity contribution in [3.63, 3.8) is 0 Å². The van der Waals surface area contributed by atoms with Gasteiger partial charge in [0.25, 0.3) is 5.69 Å². The van der Waals surface area contributed by atoms with E-state index < -0.39 is 4.92 Å². The third kappa shape index (κ3) is 3.42. The zero-order chi connectivity index (χ0) is 14.5. The van der Waals surface area contributed by atoms with Crippen LogP contribution in [-0.2, 0) is 6.61 Å². The highest BCUT2D eigenvalue weighted by Gasteiger charge is 2.11. The topological polar surface area (TPSA) is 69.4 Å². The number of non-ortho nitro benzene ring substituents is 1. The van der Waals surface area contributed by atoms with E-state index in [0.29, 0.717) is 12.0 Å². The number of nitro groups is 1. The normalized spacial score (nSPS) is 10.1. The van der Waals surface area contributed by atoms with Gasteiger partial charge in [0.05, 0.1) is 10.5 Å². The molecular weight excluding hydrogens is 326 g/mol. The molecule has 0 amide bonds. The SMILES string of the molecule is O=Cc1cc([N+](=O)[O-])ccc1OCc1ccc(Br)cc1. The molecule has 0 heterocycles. The van der Waals surface area contributed by atoms with Crippen LogP contribution in [0.3, 0.4) is 0 Å². The van der Waals surface area contributed by atoms with Crippen molar-refractivity contribution in [3.8, 4) is 5.75 Å². The first-order chi connectivity index (χ1) is 9.60. The Hall–Kier alpha value is -2.21. The van der Waals surface area contributed by atoms with E-state index in [4.69, 9.17) is 4.74 Å². The summed E-state index contributed by atoms with van der Waals surface area (Å²) in [7, 11) is 0. The lowest BCUT2D eigenvalue weighted by atomic mass is 10.2. The second-order valence-electron chi connectivity index (χ2n) is 4.01. The molecule has 0 unspecified atom stereocenters. The number of hydrogen-bond acceptors (Lipinski definition) is 4. The van der Waals surface area contributed by atoms with E-state index in [1.165, 1.54) is 18.2 Å². The Balaban J connectivity index is 2.14. The van der Waals surface area contributed by atoms with Gasteiger partial charge in [0.2, 0.25) is 0 Å². The summed E-state index contributed by atoms with van der Waals surface area (Å²) in [6.45, 7) is 0.284. The van der Waals surface area contributed by atoms with Crippen LogP contribution in [0.15, 0.2) is 46.9 Å². The zero-order valence-corrected chi connectivity index (χ0v) is 11.9. The minimum absolute atomic E-state index is 0.136. The van der Waals surface area contributed by atoms with E-state index in [1.807, 2.05) is 24.3 Å². The number of halogens is 1. The van der Waals surface area contributed by atoms with Crippen LogP contribution in [0.2, 0.25) is 0 Å². The van der Waals surface area contributed by atoms with Gasteiger partial charge in [-0.05, 0) is 23.8 Å². The van der Waals surface area contributed by atoms with Gasteiger partial charge < -0.3 is 4.74 Å². The molecule has 2 aromatic rings. The van der Waals surface area contributed by atoms with Gasteiger partial charge in [0, 0.05) is 16.6 Å². The largest absolute Gasteiger partial charge is 0.488 e. The monoisotopic (exact) mass is 335 g/mol. The number of carbonyl (C=O) groups is 1. The van der Waals surface area contributed by atoms with E-state index in [0.717, 1.165) is 10.0 Å². The predicted octanol–water partition coefficient (Wildman–Crippen LogP) is 3.75. The lowest BCUT2D eigenvalue weighted by Crippen LogP contribution is -1.99. The molecule has 0 saturated heterocycles. The maximum absolute atomic E-state index is 10.9. The molecule has 0 N–H and O–H groups in total. The lowest BCUT2D eigenvalue weighted by Gasteiger charge is -2.08. The summed E-state index contributed by atoms with van der Waals surface area (Å²) >= 11 is 3.33. The van der Waals surface area contributed by atoms with Crippen molar-refractivity contribution in [2.45, 2.75) is 6.61 Å². The Labute approximate surface area is 123 Å². The molecule has 0 aliphatic rings. The first-order valence-electron chi connectivity index (χ1n) is 5.71. The van der Waals surface area contributed by atoms with Crippen LogP contribution in [0, 0.1) is 10.1 Å². The number of aldehydes is 1. The summed E-state index contributed by atoms with van der Waals surface area (Å²) in [5.41, 5.74) is 0.961. The van der Waals surface area contributed by atoms with Gasteiger partial charge in [-0.1, -0.05) is 28.1 Å². The first-order valence-corrected chi connectivity index (χ1v) is 6.50. The third-order valence-electron chi connectivity index (χ3n) is 2.64. The quantitative estimate of drug-likeness (QED) is 0.474. The number of benzene rings is 2. The van der Waals surface area contributed by atoms with Crippen molar-refractivity contribution in [2.75, 3.05) is 0 Å². The Bertz CT molecular complexity index is 640. The number of nitrogens with zero attached hydrogens (tertiary/aromatic N) is 1. The number of rotatable bonds is 5.